The zero-order chi connectivity index (χ0) is 19.4. The lowest BCUT2D eigenvalue weighted by Crippen LogP contribution is -2.34. The molecule has 140 valence electrons. The fourth-order valence-electron chi connectivity index (χ4n) is 2.88. The van der Waals surface area contributed by atoms with Crippen LogP contribution in [-0.4, -0.2) is 22.0 Å². The fourth-order valence-corrected chi connectivity index (χ4v) is 2.88. The molecule has 5 nitrogen and oxygen atoms in total. The van der Waals surface area contributed by atoms with Crippen molar-refractivity contribution < 1.29 is 9.18 Å². The summed E-state index contributed by atoms with van der Waals surface area (Å²) in [5.74, 6) is -0.377. The summed E-state index contributed by atoms with van der Waals surface area (Å²) in [6, 6.07) is 11.3. The number of nitrogens with one attached hydrogen (secondary N) is 1. The van der Waals surface area contributed by atoms with Crippen molar-refractivity contribution in [3.8, 4) is 0 Å². The molecule has 6 heteroatoms. The summed E-state index contributed by atoms with van der Waals surface area (Å²) in [5.41, 5.74) is 0.343. The Bertz CT molecular complexity index is 1030. The summed E-state index contributed by atoms with van der Waals surface area (Å²) in [6.45, 7) is 4.63. The number of fused-ring (bicyclic) bond motifs is 1. The maximum atomic E-state index is 14.1. The zero-order valence-corrected chi connectivity index (χ0v) is 15.4. The molecule has 1 amide bonds. The van der Waals surface area contributed by atoms with Crippen LogP contribution in [0.4, 0.5) is 4.39 Å². The number of carbonyl (C=O) groups is 1. The van der Waals surface area contributed by atoms with E-state index in [0.29, 0.717) is 29.1 Å². The molecule has 1 N–H and O–H groups in total. The van der Waals surface area contributed by atoms with Gasteiger partial charge in [-0.1, -0.05) is 32.0 Å². The first-order valence-electron chi connectivity index (χ1n) is 8.97. The summed E-state index contributed by atoms with van der Waals surface area (Å²) < 4.78 is 15.4. The van der Waals surface area contributed by atoms with E-state index in [1.54, 1.807) is 42.6 Å². The van der Waals surface area contributed by atoms with Gasteiger partial charge in [0.2, 0.25) is 0 Å². The van der Waals surface area contributed by atoms with Crippen molar-refractivity contribution in [2.24, 2.45) is 5.92 Å². The van der Waals surface area contributed by atoms with Gasteiger partial charge in [0.15, 0.2) is 0 Å². The number of benzene rings is 1. The van der Waals surface area contributed by atoms with E-state index in [9.17, 15) is 14.0 Å². The molecule has 0 bridgehead atoms. The minimum atomic E-state index is -0.480. The van der Waals surface area contributed by atoms with E-state index in [-0.39, 0.29) is 12.1 Å². The molecule has 1 aromatic carbocycles. The predicted molar refractivity (Wildman–Crippen MR) is 103 cm³/mol. The molecule has 0 fully saturated rings. The lowest BCUT2D eigenvalue weighted by molar-refractivity contribution is 0.0950. The highest BCUT2D eigenvalue weighted by Crippen LogP contribution is 2.14. The van der Waals surface area contributed by atoms with E-state index in [1.807, 2.05) is 0 Å². The Morgan fingerprint density at radius 2 is 2.00 bits per heavy atom. The largest absolute Gasteiger partial charge is 0.352 e. The smallest absolute Gasteiger partial charge is 0.265 e. The third-order valence-corrected chi connectivity index (χ3v) is 4.39. The number of hydrogen-bond donors (Lipinski definition) is 1. The summed E-state index contributed by atoms with van der Waals surface area (Å²) in [5, 5.41) is 3.45. The molecule has 27 heavy (non-hydrogen) atoms. The standard InChI is InChI=1S/C21H22FN3O2/c1-14(2)9-11-24-20(26)17-12-15-7-5-10-23-19(15)25(21(17)27)13-16-6-3-4-8-18(16)22/h3-8,10,12,14H,9,11,13H2,1-2H3,(H,24,26). The number of halogens is 1. The van der Waals surface area contributed by atoms with E-state index in [0.717, 1.165) is 6.42 Å². The van der Waals surface area contributed by atoms with Gasteiger partial charge in [0.1, 0.15) is 17.0 Å². The number of nitrogens with zero attached hydrogens (tertiary/aromatic N) is 2. The van der Waals surface area contributed by atoms with E-state index in [4.69, 9.17) is 0 Å². The molecule has 0 aliphatic heterocycles. The van der Waals surface area contributed by atoms with Gasteiger partial charge in [-0.2, -0.15) is 0 Å². The van der Waals surface area contributed by atoms with Crippen LogP contribution in [0.1, 0.15) is 36.2 Å². The van der Waals surface area contributed by atoms with E-state index in [1.165, 1.54) is 10.6 Å². The van der Waals surface area contributed by atoms with Crippen LogP contribution in [0, 0.1) is 11.7 Å². The van der Waals surface area contributed by atoms with Crippen molar-refractivity contribution in [3.05, 3.63) is 76.0 Å². The van der Waals surface area contributed by atoms with Crippen molar-refractivity contribution in [2.45, 2.75) is 26.8 Å². The summed E-state index contributed by atoms with van der Waals surface area (Å²) >= 11 is 0. The van der Waals surface area contributed by atoms with Crippen molar-refractivity contribution in [2.75, 3.05) is 6.54 Å². The third kappa shape index (κ3) is 4.22. The Labute approximate surface area is 156 Å². The van der Waals surface area contributed by atoms with E-state index in [2.05, 4.69) is 24.1 Å². The Hall–Kier alpha value is -3.02. The molecule has 0 radical (unpaired) electrons. The van der Waals surface area contributed by atoms with E-state index >= 15 is 0 Å². The van der Waals surface area contributed by atoms with Crippen LogP contribution < -0.4 is 10.9 Å². The lowest BCUT2D eigenvalue weighted by Gasteiger charge is -2.13. The molecule has 3 aromatic rings. The minimum Gasteiger partial charge on any atom is -0.352 e. The van der Waals surface area contributed by atoms with Gasteiger partial charge in [-0.3, -0.25) is 14.2 Å². The summed E-state index contributed by atoms with van der Waals surface area (Å²) in [4.78, 5) is 29.8. The monoisotopic (exact) mass is 367 g/mol. The van der Waals surface area contributed by atoms with Gasteiger partial charge in [0, 0.05) is 23.7 Å². The molecular formula is C21H22FN3O2. The first kappa shape index (κ1) is 18.8. The van der Waals surface area contributed by atoms with Crippen molar-refractivity contribution in [1.82, 2.24) is 14.9 Å². The highest BCUT2D eigenvalue weighted by molar-refractivity contribution is 5.96. The second-order valence-electron chi connectivity index (χ2n) is 6.90. The quantitative estimate of drug-likeness (QED) is 0.727. The normalized spacial score (nSPS) is 11.1. The Morgan fingerprint density at radius 3 is 2.74 bits per heavy atom. The summed E-state index contributed by atoms with van der Waals surface area (Å²) in [7, 11) is 0. The van der Waals surface area contributed by atoms with Gasteiger partial charge < -0.3 is 5.32 Å². The average molecular weight is 367 g/mol. The molecule has 0 aliphatic carbocycles. The molecule has 0 atom stereocenters. The molecule has 0 spiro atoms. The molecule has 0 aliphatic rings. The van der Waals surface area contributed by atoms with Crippen molar-refractivity contribution in [1.29, 1.82) is 0 Å². The number of aromatic nitrogens is 2. The van der Waals surface area contributed by atoms with Crippen LogP contribution in [0.25, 0.3) is 11.0 Å². The third-order valence-electron chi connectivity index (χ3n) is 4.39. The Kier molecular flexibility index (Phi) is 5.64. The van der Waals surface area contributed by atoms with Crippen molar-refractivity contribution in [3.63, 3.8) is 0 Å². The molecule has 2 heterocycles. The molecule has 3 rings (SSSR count). The highest BCUT2D eigenvalue weighted by atomic mass is 19.1. The number of hydrogen-bond acceptors (Lipinski definition) is 3. The van der Waals surface area contributed by atoms with Crippen LogP contribution in [-0.2, 0) is 6.54 Å². The van der Waals surface area contributed by atoms with E-state index < -0.39 is 17.3 Å². The maximum Gasteiger partial charge on any atom is 0.265 e. The van der Waals surface area contributed by atoms with Crippen LogP contribution >= 0.6 is 0 Å². The van der Waals surface area contributed by atoms with Gasteiger partial charge in [-0.05, 0) is 36.6 Å². The molecular weight excluding hydrogens is 345 g/mol. The molecule has 0 saturated carbocycles. The Morgan fingerprint density at radius 1 is 1.22 bits per heavy atom. The predicted octanol–water partition coefficient (Wildman–Crippen LogP) is 3.36. The van der Waals surface area contributed by atoms with Gasteiger partial charge in [0.05, 0.1) is 6.54 Å². The molecule has 0 unspecified atom stereocenters. The molecule has 0 saturated heterocycles. The first-order valence-corrected chi connectivity index (χ1v) is 8.97. The highest BCUT2D eigenvalue weighted by Gasteiger charge is 2.17. The Balaban J connectivity index is 2.04. The number of pyridine rings is 2. The van der Waals surface area contributed by atoms with Gasteiger partial charge in [-0.25, -0.2) is 9.37 Å². The SMILES string of the molecule is CC(C)CCNC(=O)c1cc2cccnc2n(Cc2ccccc2F)c1=O. The van der Waals surface area contributed by atoms with Gasteiger partial charge >= 0.3 is 0 Å². The summed E-state index contributed by atoms with van der Waals surface area (Å²) in [6.07, 6.45) is 2.40. The second kappa shape index (κ2) is 8.12. The van der Waals surface area contributed by atoms with Crippen molar-refractivity contribution >= 4 is 16.9 Å². The first-order chi connectivity index (χ1) is 13.0. The van der Waals surface area contributed by atoms with Crippen LogP contribution in [0.2, 0.25) is 0 Å². The minimum absolute atomic E-state index is 0.00609. The topological polar surface area (TPSA) is 64.0 Å². The van der Waals surface area contributed by atoms with Crippen LogP contribution in [0.15, 0.2) is 53.5 Å². The number of carbonyl (C=O) groups excluding carboxylic acids is 1. The maximum absolute atomic E-state index is 14.1. The zero-order valence-electron chi connectivity index (χ0n) is 15.4. The van der Waals surface area contributed by atoms with Crippen LogP contribution in [0.5, 0.6) is 0 Å². The second-order valence-corrected chi connectivity index (χ2v) is 6.90. The average Bonchev–Trinajstić information content (AvgIpc) is 2.65. The van der Waals surface area contributed by atoms with Crippen LogP contribution in [0.3, 0.4) is 0 Å². The fraction of sp³-hybridized carbons (Fsp3) is 0.286. The number of rotatable bonds is 6. The van der Waals surface area contributed by atoms with Gasteiger partial charge in [0.25, 0.3) is 11.5 Å². The lowest BCUT2D eigenvalue weighted by atomic mass is 10.1. The number of amides is 1. The molecule has 2 aromatic heterocycles. The van der Waals surface area contributed by atoms with Gasteiger partial charge in [-0.15, -0.1) is 0 Å².